The summed E-state index contributed by atoms with van der Waals surface area (Å²) in [6.45, 7) is 5.91. The maximum atomic E-state index is 11.8. The Hall–Kier alpha value is -1.26. The first-order valence-electron chi connectivity index (χ1n) is 6.20. The van der Waals surface area contributed by atoms with Crippen molar-refractivity contribution in [3.8, 4) is 0 Å². The Labute approximate surface area is 103 Å². The van der Waals surface area contributed by atoms with Gasteiger partial charge in [-0.1, -0.05) is 26.7 Å². The zero-order valence-corrected chi connectivity index (χ0v) is 11.2. The molecule has 0 aromatic heterocycles. The van der Waals surface area contributed by atoms with Crippen LogP contribution in [0.4, 0.5) is 4.79 Å². The molecule has 0 aliphatic heterocycles. The van der Waals surface area contributed by atoms with Crippen LogP contribution < -0.4 is 5.32 Å². The SMILES string of the molecule is CCCCC(NC(=O)N(C)C(C)CC)C(=O)O. The Morgan fingerprint density at radius 3 is 2.35 bits per heavy atom. The molecule has 2 atom stereocenters. The van der Waals surface area contributed by atoms with E-state index in [0.29, 0.717) is 6.42 Å². The Morgan fingerprint density at radius 2 is 1.94 bits per heavy atom. The molecule has 0 aliphatic rings. The Kier molecular flexibility index (Phi) is 7.34. The van der Waals surface area contributed by atoms with Crippen LogP contribution in [0.2, 0.25) is 0 Å². The van der Waals surface area contributed by atoms with Crippen molar-refractivity contribution in [2.45, 2.75) is 58.5 Å². The second-order valence-electron chi connectivity index (χ2n) is 4.35. The molecule has 0 rings (SSSR count). The number of nitrogens with zero attached hydrogens (tertiary/aromatic N) is 1. The summed E-state index contributed by atoms with van der Waals surface area (Å²) in [5.74, 6) is -0.968. The van der Waals surface area contributed by atoms with Gasteiger partial charge in [0.15, 0.2) is 0 Å². The third-order valence-corrected chi connectivity index (χ3v) is 3.01. The first-order valence-corrected chi connectivity index (χ1v) is 6.20. The number of hydrogen-bond acceptors (Lipinski definition) is 2. The smallest absolute Gasteiger partial charge is 0.326 e. The fourth-order valence-electron chi connectivity index (χ4n) is 1.39. The average molecular weight is 244 g/mol. The first kappa shape index (κ1) is 15.7. The van der Waals surface area contributed by atoms with E-state index in [4.69, 9.17) is 5.11 Å². The van der Waals surface area contributed by atoms with E-state index < -0.39 is 12.0 Å². The van der Waals surface area contributed by atoms with Crippen LogP contribution in [0, 0.1) is 0 Å². The second kappa shape index (κ2) is 7.92. The van der Waals surface area contributed by atoms with Crippen LogP contribution in [-0.4, -0.2) is 41.1 Å². The molecule has 17 heavy (non-hydrogen) atoms. The van der Waals surface area contributed by atoms with Gasteiger partial charge in [-0.2, -0.15) is 0 Å². The molecule has 5 nitrogen and oxygen atoms in total. The summed E-state index contributed by atoms with van der Waals surface area (Å²) >= 11 is 0. The monoisotopic (exact) mass is 244 g/mol. The highest BCUT2D eigenvalue weighted by Gasteiger charge is 2.22. The van der Waals surface area contributed by atoms with E-state index in [1.54, 1.807) is 11.9 Å². The van der Waals surface area contributed by atoms with Gasteiger partial charge in [0.1, 0.15) is 6.04 Å². The molecule has 0 saturated carbocycles. The van der Waals surface area contributed by atoms with Crippen LogP contribution in [0.3, 0.4) is 0 Å². The van der Waals surface area contributed by atoms with Crippen LogP contribution in [0.1, 0.15) is 46.5 Å². The van der Waals surface area contributed by atoms with E-state index >= 15 is 0 Å². The van der Waals surface area contributed by atoms with Crippen molar-refractivity contribution in [1.82, 2.24) is 10.2 Å². The summed E-state index contributed by atoms with van der Waals surface area (Å²) in [4.78, 5) is 24.3. The van der Waals surface area contributed by atoms with Crippen molar-refractivity contribution in [3.63, 3.8) is 0 Å². The van der Waals surface area contributed by atoms with Crippen molar-refractivity contribution in [3.05, 3.63) is 0 Å². The summed E-state index contributed by atoms with van der Waals surface area (Å²) in [6.07, 6.45) is 3.04. The number of carbonyl (C=O) groups is 2. The van der Waals surface area contributed by atoms with Gasteiger partial charge in [0.2, 0.25) is 0 Å². The van der Waals surface area contributed by atoms with Crippen LogP contribution in [0.5, 0.6) is 0 Å². The number of amides is 2. The van der Waals surface area contributed by atoms with E-state index in [2.05, 4.69) is 5.32 Å². The molecule has 0 aromatic carbocycles. The Bertz CT molecular complexity index is 256. The third kappa shape index (κ3) is 5.56. The molecule has 0 fully saturated rings. The van der Waals surface area contributed by atoms with Crippen molar-refractivity contribution in [1.29, 1.82) is 0 Å². The lowest BCUT2D eigenvalue weighted by molar-refractivity contribution is -0.139. The fourth-order valence-corrected chi connectivity index (χ4v) is 1.39. The summed E-state index contributed by atoms with van der Waals surface area (Å²) < 4.78 is 0. The lowest BCUT2D eigenvalue weighted by atomic mass is 10.1. The van der Waals surface area contributed by atoms with E-state index in [0.717, 1.165) is 19.3 Å². The number of rotatable bonds is 7. The zero-order chi connectivity index (χ0) is 13.4. The van der Waals surface area contributed by atoms with E-state index in [1.807, 2.05) is 20.8 Å². The first-order chi connectivity index (χ1) is 7.93. The Morgan fingerprint density at radius 1 is 1.35 bits per heavy atom. The number of urea groups is 1. The number of carboxylic acids is 1. The topological polar surface area (TPSA) is 69.6 Å². The van der Waals surface area contributed by atoms with Crippen molar-refractivity contribution in [2.75, 3.05) is 7.05 Å². The quantitative estimate of drug-likeness (QED) is 0.720. The highest BCUT2D eigenvalue weighted by Crippen LogP contribution is 2.04. The number of aliphatic carboxylic acids is 1. The van der Waals surface area contributed by atoms with Crippen LogP contribution in [0.15, 0.2) is 0 Å². The molecule has 0 spiro atoms. The Balaban J connectivity index is 4.34. The molecular formula is C12H24N2O3. The van der Waals surface area contributed by atoms with E-state index in [1.165, 1.54) is 0 Å². The van der Waals surface area contributed by atoms with Crippen LogP contribution in [0.25, 0.3) is 0 Å². The van der Waals surface area contributed by atoms with Gasteiger partial charge in [0.25, 0.3) is 0 Å². The van der Waals surface area contributed by atoms with Crippen molar-refractivity contribution in [2.24, 2.45) is 0 Å². The van der Waals surface area contributed by atoms with Gasteiger partial charge in [-0.3, -0.25) is 0 Å². The summed E-state index contributed by atoms with van der Waals surface area (Å²) in [5, 5.41) is 11.5. The molecule has 2 N–H and O–H groups in total. The number of nitrogens with one attached hydrogen (secondary N) is 1. The molecule has 2 unspecified atom stereocenters. The molecule has 0 bridgehead atoms. The molecule has 0 aliphatic carbocycles. The predicted octanol–water partition coefficient (Wildman–Crippen LogP) is 2.07. The van der Waals surface area contributed by atoms with Gasteiger partial charge < -0.3 is 15.3 Å². The van der Waals surface area contributed by atoms with Crippen LogP contribution in [-0.2, 0) is 4.79 Å². The second-order valence-corrected chi connectivity index (χ2v) is 4.35. The normalized spacial score (nSPS) is 13.9. The molecule has 0 heterocycles. The molecular weight excluding hydrogens is 220 g/mol. The number of hydrogen-bond donors (Lipinski definition) is 2. The lowest BCUT2D eigenvalue weighted by Gasteiger charge is -2.26. The van der Waals surface area contributed by atoms with Gasteiger partial charge >= 0.3 is 12.0 Å². The molecule has 100 valence electrons. The minimum Gasteiger partial charge on any atom is -0.480 e. The summed E-state index contributed by atoms with van der Waals surface area (Å²) in [6, 6.07) is -0.993. The third-order valence-electron chi connectivity index (χ3n) is 3.01. The maximum absolute atomic E-state index is 11.8. The van der Waals surface area contributed by atoms with Gasteiger partial charge in [-0.05, 0) is 19.8 Å². The summed E-state index contributed by atoms with van der Waals surface area (Å²) in [7, 11) is 1.68. The number of unbranched alkanes of at least 4 members (excludes halogenated alkanes) is 1. The predicted molar refractivity (Wildman–Crippen MR) is 67.0 cm³/mol. The van der Waals surface area contributed by atoms with Gasteiger partial charge in [0.05, 0.1) is 0 Å². The summed E-state index contributed by atoms with van der Waals surface area (Å²) in [5.41, 5.74) is 0. The van der Waals surface area contributed by atoms with Gasteiger partial charge in [-0.25, -0.2) is 9.59 Å². The number of carbonyl (C=O) groups excluding carboxylic acids is 1. The number of carboxylic acid groups (broad SMARTS) is 1. The minimum absolute atomic E-state index is 0.107. The van der Waals surface area contributed by atoms with E-state index in [9.17, 15) is 9.59 Å². The molecule has 0 saturated heterocycles. The highest BCUT2D eigenvalue weighted by molar-refractivity contribution is 5.82. The molecule has 2 amide bonds. The standard InChI is InChI=1S/C12H24N2O3/c1-5-7-8-10(11(15)16)13-12(17)14(4)9(3)6-2/h9-10H,5-8H2,1-4H3,(H,13,17)(H,15,16). The maximum Gasteiger partial charge on any atom is 0.326 e. The minimum atomic E-state index is -0.968. The molecule has 0 aromatic rings. The van der Waals surface area contributed by atoms with Crippen LogP contribution >= 0.6 is 0 Å². The molecule has 5 heteroatoms. The zero-order valence-electron chi connectivity index (χ0n) is 11.2. The highest BCUT2D eigenvalue weighted by atomic mass is 16.4. The van der Waals surface area contributed by atoms with Gasteiger partial charge in [-0.15, -0.1) is 0 Å². The van der Waals surface area contributed by atoms with Crippen molar-refractivity contribution >= 4 is 12.0 Å². The van der Waals surface area contributed by atoms with Crippen molar-refractivity contribution < 1.29 is 14.7 Å². The molecule has 0 radical (unpaired) electrons. The average Bonchev–Trinajstić information content (AvgIpc) is 2.31. The largest absolute Gasteiger partial charge is 0.480 e. The van der Waals surface area contributed by atoms with E-state index in [-0.39, 0.29) is 12.1 Å². The van der Waals surface area contributed by atoms with Gasteiger partial charge in [0, 0.05) is 13.1 Å². The fraction of sp³-hybridized carbons (Fsp3) is 0.833. The lowest BCUT2D eigenvalue weighted by Crippen LogP contribution is -2.49.